The molecule has 0 unspecified atom stereocenters. The third-order valence-electron chi connectivity index (χ3n) is 6.70. The van der Waals surface area contributed by atoms with Crippen LogP contribution in [0, 0.1) is 0 Å². The normalized spacial score (nSPS) is 21.0. The summed E-state index contributed by atoms with van der Waals surface area (Å²) in [5.74, 6) is 1.20. The van der Waals surface area contributed by atoms with E-state index in [1.54, 1.807) is 0 Å². The van der Waals surface area contributed by atoms with Crippen LogP contribution in [0.15, 0.2) is 42.5 Å². The van der Waals surface area contributed by atoms with Gasteiger partial charge in [-0.05, 0) is 61.6 Å². The maximum absolute atomic E-state index is 12.9. The van der Waals surface area contributed by atoms with Gasteiger partial charge in [-0.15, -0.1) is 0 Å². The first-order chi connectivity index (χ1) is 15.6. The molecule has 2 amide bonds. The van der Waals surface area contributed by atoms with Gasteiger partial charge in [-0.25, -0.2) is 0 Å². The Balaban J connectivity index is 1.13. The van der Waals surface area contributed by atoms with Gasteiger partial charge < -0.3 is 19.7 Å². The lowest BCUT2D eigenvalue weighted by molar-refractivity contribution is -0.143. The fourth-order valence-electron chi connectivity index (χ4n) is 4.74. The molecule has 2 aliphatic heterocycles. The lowest BCUT2D eigenvalue weighted by Crippen LogP contribution is -2.57. The molecular weight excluding hydrogens is 406 g/mol. The summed E-state index contributed by atoms with van der Waals surface area (Å²) in [6, 6.07) is 13.4. The molecular formula is C25H29N3O4. The molecule has 7 nitrogen and oxygen atoms in total. The second kappa shape index (κ2) is 8.82. The highest BCUT2D eigenvalue weighted by Crippen LogP contribution is 2.31. The number of benzene rings is 2. The van der Waals surface area contributed by atoms with Crippen LogP contribution >= 0.6 is 0 Å². The molecule has 2 atom stereocenters. The number of piperazine rings is 1. The number of anilines is 1. The predicted molar refractivity (Wildman–Crippen MR) is 121 cm³/mol. The molecule has 1 N–H and O–H groups in total. The Bertz CT molecular complexity index is 1020. The lowest BCUT2D eigenvalue weighted by atomic mass is 10.1. The summed E-state index contributed by atoms with van der Waals surface area (Å²) >= 11 is 0. The summed E-state index contributed by atoms with van der Waals surface area (Å²) in [6.07, 6.45) is 2.78. The number of carbonyl (C=O) groups excluding carboxylic acids is 2. The second-order valence-electron chi connectivity index (χ2n) is 8.73. The largest absolute Gasteiger partial charge is 0.485 e. The van der Waals surface area contributed by atoms with E-state index in [2.05, 4.69) is 22.3 Å². The number of amides is 2. The monoisotopic (exact) mass is 435 g/mol. The summed E-state index contributed by atoms with van der Waals surface area (Å²) in [5.41, 5.74) is 3.61. The van der Waals surface area contributed by atoms with E-state index < -0.39 is 6.10 Å². The quantitative estimate of drug-likeness (QED) is 0.799. The van der Waals surface area contributed by atoms with Crippen LogP contribution in [0.3, 0.4) is 0 Å². The van der Waals surface area contributed by atoms with Crippen molar-refractivity contribution < 1.29 is 19.1 Å². The van der Waals surface area contributed by atoms with Crippen molar-refractivity contribution in [2.75, 3.05) is 38.1 Å². The molecule has 7 heteroatoms. The molecule has 0 saturated carbocycles. The molecule has 2 aromatic rings. The smallest absolute Gasteiger partial charge is 0.267 e. The first-order valence-electron chi connectivity index (χ1n) is 11.4. The number of nitrogens with one attached hydrogen (secondary N) is 1. The summed E-state index contributed by atoms with van der Waals surface area (Å²) in [4.78, 5) is 29.7. The van der Waals surface area contributed by atoms with Crippen molar-refractivity contribution in [2.45, 2.75) is 38.3 Å². The number of para-hydroxylation sites is 2. The van der Waals surface area contributed by atoms with Crippen LogP contribution in [0.2, 0.25) is 0 Å². The Morgan fingerprint density at radius 2 is 1.75 bits per heavy atom. The number of aryl methyl sites for hydroxylation is 2. The van der Waals surface area contributed by atoms with Crippen LogP contribution in [0.1, 0.15) is 24.5 Å². The van der Waals surface area contributed by atoms with Gasteiger partial charge >= 0.3 is 0 Å². The molecule has 1 aliphatic carbocycles. The van der Waals surface area contributed by atoms with Crippen molar-refractivity contribution in [1.82, 2.24) is 9.80 Å². The molecule has 0 bridgehead atoms. The minimum absolute atomic E-state index is 0.0108. The number of ether oxygens (including phenoxy) is 2. The van der Waals surface area contributed by atoms with E-state index in [0.717, 1.165) is 18.5 Å². The van der Waals surface area contributed by atoms with Gasteiger partial charge in [0.2, 0.25) is 12.0 Å². The Hall–Kier alpha value is -3.06. The van der Waals surface area contributed by atoms with Gasteiger partial charge in [-0.1, -0.05) is 18.2 Å². The van der Waals surface area contributed by atoms with Crippen LogP contribution in [0.4, 0.5) is 5.69 Å². The molecule has 0 aromatic heterocycles. The standard InChI is InChI=1S/C25H29N3O4/c1-17(24(29)26-20-10-9-18-5-4-6-19(18)15-20)27-11-13-28(14-12-27)25(30)23-16-31-21-7-2-3-8-22(21)32-23/h2-3,7-10,15,17,23H,4-6,11-14,16H2,1H3,(H,26,29)/t17-,23-/m0/s1. The summed E-state index contributed by atoms with van der Waals surface area (Å²) in [5, 5.41) is 3.07. The first-order valence-corrected chi connectivity index (χ1v) is 11.4. The maximum Gasteiger partial charge on any atom is 0.267 e. The molecule has 1 saturated heterocycles. The molecule has 1 fully saturated rings. The zero-order valence-electron chi connectivity index (χ0n) is 18.4. The van der Waals surface area contributed by atoms with E-state index in [-0.39, 0.29) is 24.5 Å². The van der Waals surface area contributed by atoms with Crippen molar-refractivity contribution in [3.05, 3.63) is 53.6 Å². The topological polar surface area (TPSA) is 71.1 Å². The lowest BCUT2D eigenvalue weighted by Gasteiger charge is -2.39. The SMILES string of the molecule is C[C@@H](C(=O)Nc1ccc2c(c1)CCC2)N1CCN(C(=O)[C@@H]2COc3ccccc3O2)CC1. The Morgan fingerprint density at radius 3 is 2.56 bits per heavy atom. The van der Waals surface area contributed by atoms with Crippen LogP contribution in [0.5, 0.6) is 11.5 Å². The van der Waals surface area contributed by atoms with Gasteiger partial charge in [-0.2, -0.15) is 0 Å². The fraction of sp³-hybridized carbons (Fsp3) is 0.440. The molecule has 32 heavy (non-hydrogen) atoms. The van der Waals surface area contributed by atoms with E-state index in [4.69, 9.17) is 9.47 Å². The number of rotatable bonds is 4. The minimum atomic E-state index is -0.628. The van der Waals surface area contributed by atoms with Crippen LogP contribution < -0.4 is 14.8 Å². The predicted octanol–water partition coefficient (Wildman–Crippen LogP) is 2.49. The Labute approximate surface area is 188 Å². The van der Waals surface area contributed by atoms with Gasteiger partial charge in [0.05, 0.1) is 6.04 Å². The number of nitrogens with zero attached hydrogens (tertiary/aromatic N) is 2. The van der Waals surface area contributed by atoms with E-state index in [0.29, 0.717) is 37.7 Å². The van der Waals surface area contributed by atoms with E-state index >= 15 is 0 Å². The van der Waals surface area contributed by atoms with Gasteiger partial charge in [-0.3, -0.25) is 14.5 Å². The molecule has 3 aliphatic rings. The third kappa shape index (κ3) is 4.17. The van der Waals surface area contributed by atoms with E-state index in [9.17, 15) is 9.59 Å². The second-order valence-corrected chi connectivity index (χ2v) is 8.73. The van der Waals surface area contributed by atoms with Crippen LogP contribution in [-0.4, -0.2) is 66.5 Å². The first kappa shape index (κ1) is 20.8. The molecule has 2 heterocycles. The average molecular weight is 436 g/mol. The van der Waals surface area contributed by atoms with Gasteiger partial charge in [0, 0.05) is 31.9 Å². The molecule has 0 radical (unpaired) electrons. The summed E-state index contributed by atoms with van der Waals surface area (Å²) in [6.45, 7) is 4.57. The number of carbonyl (C=O) groups is 2. The minimum Gasteiger partial charge on any atom is -0.485 e. The van der Waals surface area contributed by atoms with Gasteiger partial charge in [0.1, 0.15) is 6.61 Å². The molecule has 2 aromatic carbocycles. The van der Waals surface area contributed by atoms with Crippen molar-refractivity contribution in [3.8, 4) is 11.5 Å². The summed E-state index contributed by atoms with van der Waals surface area (Å²) in [7, 11) is 0. The van der Waals surface area contributed by atoms with Gasteiger partial charge in [0.25, 0.3) is 5.91 Å². The van der Waals surface area contributed by atoms with Crippen molar-refractivity contribution >= 4 is 17.5 Å². The number of fused-ring (bicyclic) bond motifs is 2. The van der Waals surface area contributed by atoms with Crippen LogP contribution in [0.25, 0.3) is 0 Å². The van der Waals surface area contributed by atoms with E-state index in [1.165, 1.54) is 17.5 Å². The number of hydrogen-bond acceptors (Lipinski definition) is 5. The highest BCUT2D eigenvalue weighted by molar-refractivity contribution is 5.94. The highest BCUT2D eigenvalue weighted by atomic mass is 16.6. The summed E-state index contributed by atoms with van der Waals surface area (Å²) < 4.78 is 11.6. The molecule has 168 valence electrons. The van der Waals surface area contributed by atoms with Gasteiger partial charge in [0.15, 0.2) is 11.5 Å². The Kier molecular flexibility index (Phi) is 5.74. The fourth-order valence-corrected chi connectivity index (χ4v) is 4.74. The maximum atomic E-state index is 12.9. The van der Waals surface area contributed by atoms with Crippen molar-refractivity contribution in [3.63, 3.8) is 0 Å². The third-order valence-corrected chi connectivity index (χ3v) is 6.70. The zero-order valence-corrected chi connectivity index (χ0v) is 18.4. The Morgan fingerprint density at radius 1 is 1.00 bits per heavy atom. The van der Waals surface area contributed by atoms with Crippen molar-refractivity contribution in [2.24, 2.45) is 0 Å². The molecule has 0 spiro atoms. The van der Waals surface area contributed by atoms with Crippen LogP contribution in [-0.2, 0) is 22.4 Å². The number of hydrogen-bond donors (Lipinski definition) is 1. The highest BCUT2D eigenvalue weighted by Gasteiger charge is 2.34. The van der Waals surface area contributed by atoms with Crippen molar-refractivity contribution in [1.29, 1.82) is 0 Å². The molecule has 5 rings (SSSR count). The van der Waals surface area contributed by atoms with E-state index in [1.807, 2.05) is 42.2 Å². The zero-order chi connectivity index (χ0) is 22.1. The average Bonchev–Trinajstić information content (AvgIpc) is 3.31.